The van der Waals surface area contributed by atoms with Crippen molar-refractivity contribution in [2.45, 2.75) is 225 Å². The molecule has 37 heteroatoms. The predicted molar refractivity (Wildman–Crippen MR) is 530 cm³/mol. The SMILES string of the molecule is CC1(C)OB(B2OC(C)(C)C(C)(C)O2)OC1(C)C.Cc1nc2c(-c3csnc3C)cc(-c3csnc3C)cc2[nH]1.Cc1nc2c(B3OC(C)(C)C(C)(C)O3)cc(B3OC(C)(C)C(C)(C)O3)cc2n1C.Cc1nc2c(Br)cc(Br)cc2[nH]1.Cc1nc2c(Br)cc(Br)cc2n1C.Cc1nscc1-c1cc(-c2csnc2C)c2nc(C)n(C)c2c1.Cc1nscc1Br. The van der Waals surface area contributed by atoms with Gasteiger partial charge in [-0.3, -0.25) is 0 Å². The van der Waals surface area contributed by atoms with Gasteiger partial charge in [-0.1, -0.05) is 37.9 Å². The van der Waals surface area contributed by atoms with Gasteiger partial charge in [-0.25, -0.2) is 24.9 Å². The Morgan fingerprint density at radius 2 is 0.645 bits per heavy atom. The molecule has 19 rings (SSSR count). The second kappa shape index (κ2) is 36.4. The van der Waals surface area contributed by atoms with Crippen molar-refractivity contribution in [1.82, 2.24) is 70.5 Å². The predicted octanol–water partition coefficient (Wildman–Crippen LogP) is 23.2. The molecule has 0 saturated carbocycles. The Hall–Kier alpha value is -6.06. The van der Waals surface area contributed by atoms with Gasteiger partial charge < -0.3 is 60.9 Å². The van der Waals surface area contributed by atoms with Gasteiger partial charge in [0.2, 0.25) is 0 Å². The summed E-state index contributed by atoms with van der Waals surface area (Å²) in [5.74, 6) is 4.83. The molecule has 0 unspecified atom stereocenters. The number of nitrogens with zero attached hydrogens (tertiary/aromatic N) is 13. The van der Waals surface area contributed by atoms with Crippen LogP contribution in [0.5, 0.6) is 0 Å². The maximum atomic E-state index is 6.35. The fourth-order valence-corrected chi connectivity index (χ4v) is 20.6. The van der Waals surface area contributed by atoms with Crippen molar-refractivity contribution in [3.8, 4) is 44.5 Å². The Kier molecular flexibility index (Phi) is 28.0. The van der Waals surface area contributed by atoms with Gasteiger partial charge in [-0.2, -0.15) is 21.9 Å². The van der Waals surface area contributed by atoms with Gasteiger partial charge in [-0.05, 0) is 357 Å². The highest BCUT2D eigenvalue weighted by molar-refractivity contribution is 9.11. The Balaban J connectivity index is 0.000000128. The fourth-order valence-electron chi connectivity index (χ4n) is 14.1. The van der Waals surface area contributed by atoms with Gasteiger partial charge in [0.1, 0.15) is 40.2 Å². The van der Waals surface area contributed by atoms with Gasteiger partial charge in [-0.15, -0.1) is 0 Å². The number of hydrogen-bond donors (Lipinski definition) is 2. The topological polar surface area (TPSA) is 249 Å². The van der Waals surface area contributed by atoms with Gasteiger partial charge in [0.25, 0.3) is 0 Å². The van der Waals surface area contributed by atoms with Crippen molar-refractivity contribution in [1.29, 1.82) is 0 Å². The van der Waals surface area contributed by atoms with E-state index in [1.165, 1.54) is 85.5 Å². The van der Waals surface area contributed by atoms with Crippen LogP contribution in [0.1, 0.15) is 168 Å². The van der Waals surface area contributed by atoms with Crippen LogP contribution < -0.4 is 10.9 Å². The largest absolute Gasteiger partial charge is 0.497 e. The Morgan fingerprint density at radius 1 is 0.306 bits per heavy atom. The Labute approximate surface area is 789 Å². The molecule has 4 fully saturated rings. The molecule has 124 heavy (non-hydrogen) atoms. The molecule has 4 aliphatic heterocycles. The van der Waals surface area contributed by atoms with Gasteiger partial charge in [0.05, 0.1) is 122 Å². The first kappa shape index (κ1) is 95.5. The second-order valence-electron chi connectivity index (χ2n) is 35.6. The number of benzene rings is 5. The average Bonchev–Trinajstić information content (AvgIpc) is 1.58. The van der Waals surface area contributed by atoms with Crippen LogP contribution in [0.25, 0.3) is 99.7 Å². The normalized spacial score (nSPS) is 17.3. The molecule has 0 spiro atoms. The zero-order valence-corrected chi connectivity index (χ0v) is 87.5. The number of imidazole rings is 5. The maximum absolute atomic E-state index is 6.35. The van der Waals surface area contributed by atoms with Crippen molar-refractivity contribution >= 4 is 232 Å². The van der Waals surface area contributed by atoms with Crippen molar-refractivity contribution in [3.63, 3.8) is 0 Å². The Bertz CT molecular complexity index is 6360. The monoisotopic (exact) mass is 2090 g/mol. The average molecular weight is 2090 g/mol. The molecule has 15 aromatic rings. The number of fused-ring (bicyclic) bond motifs is 5. The third-order valence-electron chi connectivity index (χ3n) is 24.6. The molecule has 10 aromatic heterocycles. The molecule has 4 saturated heterocycles. The molecule has 0 bridgehead atoms. The summed E-state index contributed by atoms with van der Waals surface area (Å²) in [6.07, 6.45) is 0. The molecule has 0 aliphatic carbocycles. The summed E-state index contributed by atoms with van der Waals surface area (Å²) in [4.78, 5) is 29.5. The minimum Gasteiger partial charge on any atom is -0.405 e. The standard InChI is InChI=1S/C21H32B2N2O4.C17H16N4S2.C16H14N4S2.C12H24B2O4.C9H8Br2N2.C8H6Br2N2.C4H4BrNS/c1-13-24-17-15(23-28-20(6,7)21(8,9)29-23)11-14(12-16(17)25(13)10)22-26-18(2,3)19(4,5)27-22;1-9-14(7-22-19-9)12-5-13(15-8-23-20-10(15)2)17-16(6-12)21(4)11(3)18-17;1-8-13(6-21-19-8)11-4-12(14-7-22-20-9(14)2)16-15(5-11)17-10(3)18-16;1-9(2)10(3,4)16-13(15-9)14-17-11(5,6)12(7,8)18-14;1-5-12-9-7(11)3-6(10)4-8(9)13(5)2;1-4-11-7-3-5(9)2-6(10)8(7)12-4;1-3-4(5)2-7-6-3/h11-12H,1-10H3;5-8H,1-4H3;4-7H,1-3H3,(H,17,18);1-8H3;3-4H,1-2H3;2-3H,1H3,(H,11,12);2H,1H3. The van der Waals surface area contributed by atoms with Gasteiger partial charge >= 0.3 is 28.3 Å². The summed E-state index contributed by atoms with van der Waals surface area (Å²) in [5.41, 5.74) is 23.7. The molecule has 0 atom stereocenters. The van der Waals surface area contributed by atoms with Crippen molar-refractivity contribution in [2.75, 3.05) is 0 Å². The third-order valence-corrected chi connectivity index (χ3v) is 31.5. The number of aromatic nitrogens is 15. The molecule has 0 amide bonds. The first-order valence-corrected chi connectivity index (χ1v) is 48.6. The molecule has 2 N–H and O–H groups in total. The number of nitrogens with one attached hydrogen (secondary N) is 2. The van der Waals surface area contributed by atoms with E-state index in [1.807, 2.05) is 148 Å². The van der Waals surface area contributed by atoms with Crippen molar-refractivity contribution < 1.29 is 37.2 Å². The van der Waals surface area contributed by atoms with Crippen LogP contribution >= 0.6 is 137 Å². The summed E-state index contributed by atoms with van der Waals surface area (Å²) in [5, 5.41) is 10.4. The number of hydrogen-bond acceptors (Lipinski definition) is 23. The molecule has 652 valence electrons. The van der Waals surface area contributed by atoms with Crippen LogP contribution in [0.4, 0.5) is 0 Å². The summed E-state index contributed by atoms with van der Waals surface area (Å²) in [7, 11) is 4.19. The van der Waals surface area contributed by atoms with Crippen molar-refractivity contribution in [2.24, 2.45) is 21.1 Å². The number of aryl methyl sites for hydroxylation is 13. The highest BCUT2D eigenvalue weighted by atomic mass is 79.9. The van der Waals surface area contributed by atoms with E-state index in [1.54, 1.807) is 0 Å². The van der Waals surface area contributed by atoms with Gasteiger partial charge in [0.15, 0.2) is 0 Å². The summed E-state index contributed by atoms with van der Waals surface area (Å²) in [6.45, 7) is 52.9. The van der Waals surface area contributed by atoms with E-state index in [-0.39, 0.29) is 22.4 Å². The third kappa shape index (κ3) is 19.5. The van der Waals surface area contributed by atoms with E-state index < -0.39 is 50.7 Å². The lowest BCUT2D eigenvalue weighted by Gasteiger charge is -2.32. The molecule has 4 aliphatic rings. The molecule has 5 aromatic carbocycles. The van der Waals surface area contributed by atoms with E-state index in [9.17, 15) is 0 Å². The summed E-state index contributed by atoms with van der Waals surface area (Å²) >= 11 is 24.6. The lowest BCUT2D eigenvalue weighted by molar-refractivity contribution is 0.00578. The van der Waals surface area contributed by atoms with E-state index in [2.05, 4.69) is 280 Å². The number of rotatable bonds is 7. The van der Waals surface area contributed by atoms with Crippen molar-refractivity contribution in [3.05, 3.63) is 168 Å². The van der Waals surface area contributed by atoms with Gasteiger partial charge in [0, 0.05) is 105 Å². The highest BCUT2D eigenvalue weighted by Crippen LogP contribution is 2.46. The molecule has 23 nitrogen and oxygen atoms in total. The van der Waals surface area contributed by atoms with Crippen LogP contribution in [0.2, 0.25) is 0 Å². The number of H-pyrrole nitrogens is 2. The molecule has 14 heterocycles. The van der Waals surface area contributed by atoms with E-state index in [0.717, 1.165) is 163 Å². The fraction of sp³-hybridized carbons (Fsp3) is 0.425. The van der Waals surface area contributed by atoms with E-state index in [0.29, 0.717) is 0 Å². The maximum Gasteiger partial charge on any atom is 0.497 e. The van der Waals surface area contributed by atoms with Crippen LogP contribution in [-0.2, 0) is 58.4 Å². The minimum atomic E-state index is -0.501. The first-order valence-electron chi connectivity index (χ1n) is 40.5. The first-order chi connectivity index (χ1) is 57.8. The lowest BCUT2D eigenvalue weighted by atomic mass is 9.49. The zero-order valence-electron chi connectivity index (χ0n) is 75.5. The molecular formula is C87H104B4Br5N15O8S5. The number of aromatic amines is 2. The van der Waals surface area contributed by atoms with Crippen LogP contribution in [0.15, 0.2) is 110 Å². The lowest BCUT2D eigenvalue weighted by Crippen LogP contribution is -2.41. The number of halogens is 5. The van der Waals surface area contributed by atoms with Crippen LogP contribution in [0.3, 0.4) is 0 Å². The van der Waals surface area contributed by atoms with E-state index in [4.69, 9.17) is 47.2 Å². The van der Waals surface area contributed by atoms with Crippen LogP contribution in [-0.4, -0.2) is 144 Å². The van der Waals surface area contributed by atoms with E-state index >= 15 is 0 Å². The summed E-state index contributed by atoms with van der Waals surface area (Å²) in [6, 6.07) is 21.1. The minimum absolute atomic E-state index is 0.360. The summed E-state index contributed by atoms with van der Waals surface area (Å²) < 4.78 is 82.4. The quantitative estimate of drug-likeness (QED) is 0.141. The Morgan fingerprint density at radius 3 is 1.06 bits per heavy atom. The smallest absolute Gasteiger partial charge is 0.405 e. The van der Waals surface area contributed by atoms with Crippen LogP contribution in [0, 0.1) is 69.2 Å². The molecular weight excluding hydrogens is 1990 g/mol. The molecule has 0 radical (unpaired) electrons. The highest BCUT2D eigenvalue weighted by Gasteiger charge is 2.64. The zero-order chi connectivity index (χ0) is 90.5. The second-order valence-corrected chi connectivity index (χ2v) is 43.1.